The number of rotatable bonds is 6. The van der Waals surface area contributed by atoms with Crippen molar-refractivity contribution in [2.75, 3.05) is 14.2 Å². The van der Waals surface area contributed by atoms with Gasteiger partial charge in [-0.3, -0.25) is 4.68 Å². The van der Waals surface area contributed by atoms with Crippen LogP contribution in [0.5, 0.6) is 5.75 Å². The van der Waals surface area contributed by atoms with Gasteiger partial charge >= 0.3 is 0 Å². The van der Waals surface area contributed by atoms with Gasteiger partial charge in [-0.25, -0.2) is 0 Å². The molecule has 1 atom stereocenters. The number of nitrogens with zero attached hydrogens (tertiary/aromatic N) is 2. The normalized spacial score (nSPS) is 12.4. The Morgan fingerprint density at radius 2 is 2.14 bits per heavy atom. The summed E-state index contributed by atoms with van der Waals surface area (Å²) in [6, 6.07) is 8.45. The lowest BCUT2D eigenvalue weighted by Crippen LogP contribution is -2.30. The highest BCUT2D eigenvalue weighted by atomic mass is 35.5. The van der Waals surface area contributed by atoms with E-state index in [1.807, 2.05) is 37.8 Å². The third-order valence-corrected chi connectivity index (χ3v) is 4.22. The zero-order valence-electron chi connectivity index (χ0n) is 13.0. The number of benzene rings is 1. The summed E-state index contributed by atoms with van der Waals surface area (Å²) in [6.07, 6.45) is 1.75. The van der Waals surface area contributed by atoms with Crippen molar-refractivity contribution in [3.63, 3.8) is 0 Å². The first-order chi connectivity index (χ1) is 10.0. The molecule has 0 saturated heterocycles. The van der Waals surface area contributed by atoms with E-state index in [1.54, 1.807) is 7.11 Å². The van der Waals surface area contributed by atoms with E-state index in [1.165, 1.54) is 5.56 Å². The predicted molar refractivity (Wildman–Crippen MR) is 86.2 cm³/mol. The van der Waals surface area contributed by atoms with Crippen molar-refractivity contribution in [1.82, 2.24) is 15.1 Å². The molecule has 21 heavy (non-hydrogen) atoms. The zero-order chi connectivity index (χ0) is 15.4. The number of halogens is 1. The Hall–Kier alpha value is -1.52. The predicted octanol–water partition coefficient (Wildman–Crippen LogP) is 2.76. The van der Waals surface area contributed by atoms with Gasteiger partial charge in [0, 0.05) is 19.5 Å². The maximum absolute atomic E-state index is 6.33. The fraction of sp³-hybridized carbons (Fsp3) is 0.438. The van der Waals surface area contributed by atoms with Crippen LogP contribution < -0.4 is 10.1 Å². The monoisotopic (exact) mass is 307 g/mol. The van der Waals surface area contributed by atoms with Crippen LogP contribution in [0.4, 0.5) is 0 Å². The average Bonchev–Trinajstić information content (AvgIpc) is 2.73. The van der Waals surface area contributed by atoms with E-state index >= 15 is 0 Å². The second-order valence-electron chi connectivity index (χ2n) is 5.22. The molecule has 1 heterocycles. The van der Waals surface area contributed by atoms with Gasteiger partial charge in [0.1, 0.15) is 5.75 Å². The Balaban J connectivity index is 2.13. The molecule has 1 aromatic carbocycles. The summed E-state index contributed by atoms with van der Waals surface area (Å²) in [7, 11) is 5.60. The van der Waals surface area contributed by atoms with Crippen LogP contribution in [-0.2, 0) is 19.9 Å². The minimum Gasteiger partial charge on any atom is -0.497 e. The Morgan fingerprint density at radius 3 is 2.71 bits per heavy atom. The fourth-order valence-electron chi connectivity index (χ4n) is 2.50. The number of nitrogens with one attached hydrogen (secondary N) is 1. The van der Waals surface area contributed by atoms with Crippen LogP contribution >= 0.6 is 11.6 Å². The molecule has 0 fully saturated rings. The Bertz CT molecular complexity index is 610. The average molecular weight is 308 g/mol. The third kappa shape index (κ3) is 3.77. The summed E-state index contributed by atoms with van der Waals surface area (Å²) in [5.41, 5.74) is 3.19. The van der Waals surface area contributed by atoms with Gasteiger partial charge in [0.15, 0.2) is 0 Å². The van der Waals surface area contributed by atoms with Gasteiger partial charge in [-0.15, -0.1) is 0 Å². The van der Waals surface area contributed by atoms with Crippen molar-refractivity contribution in [2.45, 2.75) is 25.8 Å². The van der Waals surface area contributed by atoms with Gasteiger partial charge in [0.25, 0.3) is 0 Å². The van der Waals surface area contributed by atoms with Crippen molar-refractivity contribution in [3.8, 4) is 5.75 Å². The molecule has 5 heteroatoms. The van der Waals surface area contributed by atoms with Crippen LogP contribution in [-0.4, -0.2) is 30.0 Å². The van der Waals surface area contributed by atoms with Crippen LogP contribution in [0.2, 0.25) is 5.02 Å². The molecule has 2 aromatic rings. The number of ether oxygens (including phenoxy) is 1. The maximum atomic E-state index is 6.33. The van der Waals surface area contributed by atoms with E-state index < -0.39 is 0 Å². The maximum Gasteiger partial charge on any atom is 0.119 e. The number of methoxy groups -OCH3 is 1. The van der Waals surface area contributed by atoms with Crippen molar-refractivity contribution in [3.05, 3.63) is 46.2 Å². The first-order valence-corrected chi connectivity index (χ1v) is 7.41. The summed E-state index contributed by atoms with van der Waals surface area (Å²) in [5, 5.41) is 8.50. The lowest BCUT2D eigenvalue weighted by Gasteiger charge is -2.17. The second-order valence-corrected chi connectivity index (χ2v) is 5.59. The molecule has 0 radical (unpaired) electrons. The number of likely N-dealkylation sites (N-methyl/N-ethyl adjacent to an activating group) is 1. The van der Waals surface area contributed by atoms with E-state index in [-0.39, 0.29) is 0 Å². The van der Waals surface area contributed by atoms with Crippen LogP contribution in [0.3, 0.4) is 0 Å². The van der Waals surface area contributed by atoms with E-state index in [9.17, 15) is 0 Å². The molecule has 0 amide bonds. The Labute approximate surface area is 131 Å². The summed E-state index contributed by atoms with van der Waals surface area (Å²) in [6.45, 7) is 1.93. The molecule has 0 saturated carbocycles. The highest BCUT2D eigenvalue weighted by Gasteiger charge is 2.16. The third-order valence-electron chi connectivity index (χ3n) is 3.73. The number of aromatic nitrogens is 2. The molecule has 0 aliphatic heterocycles. The van der Waals surface area contributed by atoms with E-state index in [0.29, 0.717) is 6.04 Å². The van der Waals surface area contributed by atoms with Crippen LogP contribution in [0, 0.1) is 6.92 Å². The Kier molecular flexibility index (Phi) is 5.26. The molecule has 1 aromatic heterocycles. The quantitative estimate of drug-likeness (QED) is 0.892. The topological polar surface area (TPSA) is 39.1 Å². The molecule has 1 N–H and O–H groups in total. The van der Waals surface area contributed by atoms with Gasteiger partial charge in [-0.1, -0.05) is 23.7 Å². The summed E-state index contributed by atoms with van der Waals surface area (Å²) in [4.78, 5) is 0. The van der Waals surface area contributed by atoms with Gasteiger partial charge in [-0.05, 0) is 38.1 Å². The molecule has 0 bridgehead atoms. The van der Waals surface area contributed by atoms with Crippen molar-refractivity contribution in [1.29, 1.82) is 0 Å². The van der Waals surface area contributed by atoms with Crippen LogP contribution in [0.25, 0.3) is 0 Å². The van der Waals surface area contributed by atoms with E-state index in [4.69, 9.17) is 16.3 Å². The fourth-order valence-corrected chi connectivity index (χ4v) is 2.73. The van der Waals surface area contributed by atoms with Gasteiger partial charge in [0.05, 0.1) is 23.5 Å². The standard InChI is InChI=1S/C16H22ClN3O/c1-11-16(17)15(20(3)19-11)10-13(18-2)8-12-6-5-7-14(9-12)21-4/h5-7,9,13,18H,8,10H2,1-4H3. The number of hydrogen-bond donors (Lipinski definition) is 1. The molecule has 1 unspecified atom stereocenters. The molecular formula is C16H22ClN3O. The van der Waals surface area contributed by atoms with Gasteiger partial charge in [0.2, 0.25) is 0 Å². The SMILES string of the molecule is CNC(Cc1cccc(OC)c1)Cc1c(Cl)c(C)nn1C. The summed E-state index contributed by atoms with van der Waals surface area (Å²) in [5.74, 6) is 0.886. The molecule has 0 spiro atoms. The number of hydrogen-bond acceptors (Lipinski definition) is 3. The second kappa shape index (κ2) is 6.96. The van der Waals surface area contributed by atoms with Crippen LogP contribution in [0.15, 0.2) is 24.3 Å². The van der Waals surface area contributed by atoms with Crippen molar-refractivity contribution >= 4 is 11.6 Å². The molecule has 114 valence electrons. The summed E-state index contributed by atoms with van der Waals surface area (Å²) >= 11 is 6.33. The molecule has 0 aliphatic carbocycles. The molecule has 0 aliphatic rings. The minimum atomic E-state index is 0.296. The lowest BCUT2D eigenvalue weighted by molar-refractivity contribution is 0.414. The molecule has 2 rings (SSSR count). The number of aryl methyl sites for hydroxylation is 2. The van der Waals surface area contributed by atoms with Gasteiger partial charge in [-0.2, -0.15) is 5.10 Å². The largest absolute Gasteiger partial charge is 0.497 e. The first-order valence-electron chi connectivity index (χ1n) is 7.03. The summed E-state index contributed by atoms with van der Waals surface area (Å²) < 4.78 is 7.14. The lowest BCUT2D eigenvalue weighted by atomic mass is 10.0. The minimum absolute atomic E-state index is 0.296. The highest BCUT2D eigenvalue weighted by molar-refractivity contribution is 6.31. The Morgan fingerprint density at radius 1 is 1.38 bits per heavy atom. The molecule has 4 nitrogen and oxygen atoms in total. The van der Waals surface area contributed by atoms with Crippen molar-refractivity contribution in [2.24, 2.45) is 7.05 Å². The van der Waals surface area contributed by atoms with Crippen molar-refractivity contribution < 1.29 is 4.74 Å². The highest BCUT2D eigenvalue weighted by Crippen LogP contribution is 2.22. The zero-order valence-corrected chi connectivity index (χ0v) is 13.7. The van der Waals surface area contributed by atoms with E-state index in [0.717, 1.165) is 35.0 Å². The van der Waals surface area contributed by atoms with E-state index in [2.05, 4.69) is 22.5 Å². The van der Waals surface area contributed by atoms with Gasteiger partial charge < -0.3 is 10.1 Å². The smallest absolute Gasteiger partial charge is 0.119 e. The first kappa shape index (κ1) is 15.9. The van der Waals surface area contributed by atoms with Crippen LogP contribution in [0.1, 0.15) is 17.0 Å². The molecular weight excluding hydrogens is 286 g/mol.